The summed E-state index contributed by atoms with van der Waals surface area (Å²) in [6.45, 7) is 2.89. The quantitative estimate of drug-likeness (QED) is 0.365. The van der Waals surface area contributed by atoms with E-state index in [1.54, 1.807) is 18.2 Å². The van der Waals surface area contributed by atoms with E-state index in [1.807, 2.05) is 24.3 Å². The summed E-state index contributed by atoms with van der Waals surface area (Å²) >= 11 is 12.2. The zero-order valence-corrected chi connectivity index (χ0v) is 15.5. The molecule has 0 aliphatic heterocycles. The summed E-state index contributed by atoms with van der Waals surface area (Å²) in [6, 6.07) is 12.7. The van der Waals surface area contributed by atoms with Crippen LogP contribution in [0.15, 0.2) is 42.5 Å². The molecular weight excluding hydrogens is 357 g/mol. The first kappa shape index (κ1) is 21.6. The van der Waals surface area contributed by atoms with Crippen molar-refractivity contribution >= 4 is 61.5 Å². The fourth-order valence-corrected chi connectivity index (χ4v) is 3.80. The van der Waals surface area contributed by atoms with Crippen molar-refractivity contribution < 1.29 is 9.53 Å². The van der Waals surface area contributed by atoms with Gasteiger partial charge < -0.3 is 4.74 Å². The van der Waals surface area contributed by atoms with Gasteiger partial charge in [0, 0.05) is 0 Å². The van der Waals surface area contributed by atoms with Crippen LogP contribution >= 0.6 is 31.8 Å². The van der Waals surface area contributed by atoms with E-state index < -0.39 is 0 Å². The van der Waals surface area contributed by atoms with Gasteiger partial charge in [-0.05, 0) is 44.6 Å². The molecule has 0 saturated carbocycles. The Morgan fingerprint density at radius 3 is 2.25 bits per heavy atom. The number of halogens is 2. The molecule has 1 atom stereocenters. The number of carbonyl (C=O) groups is 1. The number of rotatable bonds is 8. The van der Waals surface area contributed by atoms with Crippen molar-refractivity contribution in [1.82, 2.24) is 0 Å². The molecule has 6 heteroatoms. The molecule has 0 bridgehead atoms. The maximum absolute atomic E-state index is 12.4. The summed E-state index contributed by atoms with van der Waals surface area (Å²) in [4.78, 5) is 12.4. The molecule has 2 rings (SSSR count). The topological polar surface area (TPSA) is 26.3 Å². The van der Waals surface area contributed by atoms with Gasteiger partial charge in [0.15, 0.2) is 5.52 Å². The molecule has 2 aromatic rings. The maximum atomic E-state index is 12.4. The molecule has 0 radical (unpaired) electrons. The second kappa shape index (κ2) is 11.2. The third-order valence-electron chi connectivity index (χ3n) is 3.32. The monoisotopic (exact) mass is 376 g/mol. The first-order valence-electron chi connectivity index (χ1n) is 7.60. The molecule has 24 heavy (non-hydrogen) atoms. The summed E-state index contributed by atoms with van der Waals surface area (Å²) in [6.07, 6.45) is 3.41. The molecule has 2 aromatic carbocycles. The Labute approximate surface area is 167 Å². The third kappa shape index (κ3) is 6.44. The molecule has 0 aromatic heterocycles. The van der Waals surface area contributed by atoms with Gasteiger partial charge in [-0.3, -0.25) is 4.79 Å². The van der Waals surface area contributed by atoms with Crippen molar-refractivity contribution in [3.8, 4) is 5.75 Å². The van der Waals surface area contributed by atoms with Crippen LogP contribution in [-0.2, 0) is 0 Å². The van der Waals surface area contributed by atoms with Gasteiger partial charge in [0.05, 0.1) is 22.2 Å². The standard InChI is InChI=1S/C18H19Cl2O2P.Li.H/c1-2-3-4-12-22-13-8-10-14(11-9-13)23-18(21)17-15(19)6-5-7-16(17)20;;/h5-11,23H,2-4,12H2,1H3;;. The van der Waals surface area contributed by atoms with Gasteiger partial charge in [-0.15, -0.1) is 0 Å². The number of hydrogen-bond acceptors (Lipinski definition) is 2. The SMILES string of the molecule is CCCCCOc1ccc(PC(=O)c2c(Cl)cccc2Cl)cc1.[LiH]. The number of hydrogen-bond donors (Lipinski definition) is 0. The first-order valence-corrected chi connectivity index (χ1v) is 9.35. The molecule has 1 unspecified atom stereocenters. The molecule has 0 amide bonds. The van der Waals surface area contributed by atoms with Crippen molar-refractivity contribution in [3.63, 3.8) is 0 Å². The summed E-state index contributed by atoms with van der Waals surface area (Å²) in [5.41, 5.74) is 0.339. The normalized spacial score (nSPS) is 10.6. The molecule has 2 nitrogen and oxygen atoms in total. The van der Waals surface area contributed by atoms with Crippen molar-refractivity contribution in [2.45, 2.75) is 26.2 Å². The number of unbranched alkanes of at least 4 members (excludes halogenated alkanes) is 2. The zero-order valence-electron chi connectivity index (χ0n) is 12.9. The Morgan fingerprint density at radius 2 is 1.67 bits per heavy atom. The van der Waals surface area contributed by atoms with Crippen LogP contribution in [0.25, 0.3) is 0 Å². The van der Waals surface area contributed by atoms with Crippen LogP contribution in [0.3, 0.4) is 0 Å². The van der Waals surface area contributed by atoms with E-state index in [2.05, 4.69) is 6.92 Å². The Morgan fingerprint density at radius 1 is 1.04 bits per heavy atom. The van der Waals surface area contributed by atoms with Crippen molar-refractivity contribution in [2.75, 3.05) is 6.61 Å². The van der Waals surface area contributed by atoms with Crippen molar-refractivity contribution in [2.24, 2.45) is 0 Å². The number of benzene rings is 2. The van der Waals surface area contributed by atoms with Gasteiger partial charge in [-0.25, -0.2) is 0 Å². The molecular formula is C18H20Cl2LiO2P. The van der Waals surface area contributed by atoms with E-state index in [4.69, 9.17) is 27.9 Å². The fourth-order valence-electron chi connectivity index (χ4n) is 2.08. The number of ether oxygens (including phenoxy) is 1. The summed E-state index contributed by atoms with van der Waals surface area (Å²) < 4.78 is 5.67. The molecule has 0 aliphatic carbocycles. The second-order valence-corrected chi connectivity index (χ2v) is 7.23. The Kier molecular flexibility index (Phi) is 10.1. The molecule has 0 N–H and O–H groups in total. The van der Waals surface area contributed by atoms with Crippen molar-refractivity contribution in [3.05, 3.63) is 58.1 Å². The first-order chi connectivity index (χ1) is 11.1. The molecule has 0 heterocycles. The minimum absolute atomic E-state index is 0. The van der Waals surface area contributed by atoms with Gasteiger partial charge in [0.1, 0.15) is 5.75 Å². The van der Waals surface area contributed by atoms with Crippen LogP contribution in [0.1, 0.15) is 36.5 Å². The second-order valence-electron chi connectivity index (χ2n) is 5.13. The van der Waals surface area contributed by atoms with Gasteiger partial charge in [0.25, 0.3) is 0 Å². The average molecular weight is 377 g/mol. The van der Waals surface area contributed by atoms with Crippen LogP contribution < -0.4 is 10.0 Å². The Balaban J connectivity index is 0.00000288. The molecule has 0 aliphatic rings. The van der Waals surface area contributed by atoms with E-state index >= 15 is 0 Å². The van der Waals surface area contributed by atoms with Crippen LogP contribution in [0, 0.1) is 0 Å². The average Bonchev–Trinajstić information content (AvgIpc) is 2.53. The van der Waals surface area contributed by atoms with E-state index in [0.717, 1.165) is 24.1 Å². The minimum atomic E-state index is -0.0581. The molecule has 0 saturated heterocycles. The molecule has 0 fully saturated rings. The van der Waals surface area contributed by atoms with E-state index in [1.165, 1.54) is 12.8 Å². The van der Waals surface area contributed by atoms with E-state index in [-0.39, 0.29) is 33.0 Å². The van der Waals surface area contributed by atoms with E-state index in [0.29, 0.717) is 15.6 Å². The Bertz CT molecular complexity index is 642. The van der Waals surface area contributed by atoms with Gasteiger partial charge in [-0.2, -0.15) is 0 Å². The van der Waals surface area contributed by atoms with Crippen molar-refractivity contribution in [1.29, 1.82) is 0 Å². The number of carbonyl (C=O) groups excluding carboxylic acids is 1. The van der Waals surface area contributed by atoms with Gasteiger partial charge in [-0.1, -0.05) is 61.2 Å². The summed E-state index contributed by atoms with van der Waals surface area (Å²) in [5, 5.41) is 1.73. The van der Waals surface area contributed by atoms with Gasteiger partial charge >= 0.3 is 18.9 Å². The van der Waals surface area contributed by atoms with Crippen LogP contribution in [0.2, 0.25) is 10.0 Å². The molecule has 0 spiro atoms. The van der Waals surface area contributed by atoms with Crippen LogP contribution in [0.5, 0.6) is 5.75 Å². The summed E-state index contributed by atoms with van der Waals surface area (Å²) in [7, 11) is -0.0162. The van der Waals surface area contributed by atoms with Crippen LogP contribution in [0.4, 0.5) is 0 Å². The fraction of sp³-hybridized carbons (Fsp3) is 0.278. The zero-order chi connectivity index (χ0) is 16.7. The van der Waals surface area contributed by atoms with Gasteiger partial charge in [0.2, 0.25) is 0 Å². The van der Waals surface area contributed by atoms with E-state index in [9.17, 15) is 4.79 Å². The Hall–Kier alpha value is -0.483. The predicted octanol–water partition coefficient (Wildman–Crippen LogP) is 5.06. The third-order valence-corrected chi connectivity index (χ3v) is 5.05. The van der Waals surface area contributed by atoms with Crippen LogP contribution in [-0.4, -0.2) is 31.0 Å². The predicted molar refractivity (Wildman–Crippen MR) is 107 cm³/mol. The summed E-state index contributed by atoms with van der Waals surface area (Å²) in [5.74, 6) is 0.831. The molecule has 124 valence electrons.